The summed E-state index contributed by atoms with van der Waals surface area (Å²) in [5, 5.41) is 14.6. The van der Waals surface area contributed by atoms with Crippen molar-refractivity contribution in [3.8, 4) is 0 Å². The van der Waals surface area contributed by atoms with Crippen LogP contribution in [0.3, 0.4) is 0 Å². The molecule has 0 bridgehead atoms. The van der Waals surface area contributed by atoms with E-state index in [1.165, 1.54) is 11.3 Å². The Morgan fingerprint density at radius 1 is 1.64 bits per heavy atom. The molecular formula is C9H14N2O2S. The number of nitrogens with one attached hydrogen (secondary N) is 2. The lowest BCUT2D eigenvalue weighted by atomic mass is 10.2. The number of hydrogen-bond acceptors (Lipinski definition) is 4. The van der Waals surface area contributed by atoms with E-state index in [2.05, 4.69) is 10.3 Å². The lowest BCUT2D eigenvalue weighted by Crippen LogP contribution is -2.35. The van der Waals surface area contributed by atoms with Crippen LogP contribution in [-0.4, -0.2) is 22.2 Å². The van der Waals surface area contributed by atoms with Gasteiger partial charge < -0.3 is 15.4 Å². The first-order valence-corrected chi connectivity index (χ1v) is 5.72. The maximum atomic E-state index is 10.8. The molecule has 0 spiro atoms. The molecule has 1 aliphatic rings. The summed E-state index contributed by atoms with van der Waals surface area (Å²) >= 11 is 1.17. The Bertz CT molecular complexity index is 347. The van der Waals surface area contributed by atoms with E-state index >= 15 is 0 Å². The highest BCUT2D eigenvalue weighted by molar-refractivity contribution is 7.07. The fourth-order valence-electron chi connectivity index (χ4n) is 1.82. The Kier molecular flexibility index (Phi) is 3.00. The van der Waals surface area contributed by atoms with Gasteiger partial charge in [0.2, 0.25) is 0 Å². The molecule has 2 rings (SSSR count). The molecule has 3 N–H and O–H groups in total. The van der Waals surface area contributed by atoms with Crippen LogP contribution in [0, 0.1) is 0 Å². The normalized spacial score (nSPS) is 26.9. The number of aromatic nitrogens is 1. The third kappa shape index (κ3) is 2.23. The van der Waals surface area contributed by atoms with Gasteiger partial charge in [-0.05, 0) is 19.3 Å². The molecule has 0 aromatic carbocycles. The van der Waals surface area contributed by atoms with E-state index in [-0.39, 0.29) is 17.0 Å². The molecule has 0 saturated heterocycles. The van der Waals surface area contributed by atoms with Gasteiger partial charge in [-0.15, -0.1) is 0 Å². The van der Waals surface area contributed by atoms with E-state index in [4.69, 9.17) is 0 Å². The fraction of sp³-hybridized carbons (Fsp3) is 0.667. The molecule has 1 aliphatic carbocycles. The second kappa shape index (κ2) is 4.25. The zero-order valence-corrected chi connectivity index (χ0v) is 8.64. The van der Waals surface area contributed by atoms with E-state index in [1.807, 2.05) is 5.38 Å². The van der Waals surface area contributed by atoms with Crippen LogP contribution in [0.25, 0.3) is 0 Å². The van der Waals surface area contributed by atoms with Crippen LogP contribution >= 0.6 is 11.3 Å². The van der Waals surface area contributed by atoms with Gasteiger partial charge in [0.15, 0.2) is 0 Å². The van der Waals surface area contributed by atoms with Gasteiger partial charge in [-0.25, -0.2) is 0 Å². The summed E-state index contributed by atoms with van der Waals surface area (Å²) < 4.78 is 0. The molecule has 2 unspecified atom stereocenters. The van der Waals surface area contributed by atoms with E-state index in [0.29, 0.717) is 6.54 Å². The van der Waals surface area contributed by atoms with Crippen LogP contribution in [0.2, 0.25) is 0 Å². The van der Waals surface area contributed by atoms with Gasteiger partial charge in [-0.2, -0.15) is 0 Å². The van der Waals surface area contributed by atoms with Crippen LogP contribution < -0.4 is 10.2 Å². The quantitative estimate of drug-likeness (QED) is 0.684. The maximum Gasteiger partial charge on any atom is 0.304 e. The molecule has 0 aliphatic heterocycles. The highest BCUT2D eigenvalue weighted by Crippen LogP contribution is 2.18. The van der Waals surface area contributed by atoms with Gasteiger partial charge in [-0.3, -0.25) is 4.79 Å². The Labute approximate surface area is 86.0 Å². The number of aliphatic hydroxyl groups is 1. The van der Waals surface area contributed by atoms with E-state index in [1.54, 1.807) is 0 Å². The molecule has 1 saturated carbocycles. The smallest absolute Gasteiger partial charge is 0.304 e. The van der Waals surface area contributed by atoms with Gasteiger partial charge in [0, 0.05) is 23.7 Å². The summed E-state index contributed by atoms with van der Waals surface area (Å²) in [7, 11) is 0. The monoisotopic (exact) mass is 214 g/mol. The third-order valence-corrected chi connectivity index (χ3v) is 3.32. The molecule has 1 aromatic heterocycles. The van der Waals surface area contributed by atoms with E-state index in [0.717, 1.165) is 25.0 Å². The van der Waals surface area contributed by atoms with Gasteiger partial charge in [0.05, 0.1) is 6.10 Å². The average molecular weight is 214 g/mol. The average Bonchev–Trinajstić information content (AvgIpc) is 2.72. The molecule has 78 valence electrons. The Morgan fingerprint density at radius 2 is 2.50 bits per heavy atom. The molecule has 1 heterocycles. The van der Waals surface area contributed by atoms with Gasteiger partial charge in [0.1, 0.15) is 0 Å². The highest BCUT2D eigenvalue weighted by atomic mass is 32.1. The lowest BCUT2D eigenvalue weighted by molar-refractivity contribution is 0.148. The first kappa shape index (κ1) is 9.89. The van der Waals surface area contributed by atoms with Crippen molar-refractivity contribution >= 4 is 11.3 Å². The van der Waals surface area contributed by atoms with Crippen LogP contribution in [0.5, 0.6) is 0 Å². The minimum atomic E-state index is -0.222. The number of thiazole rings is 1. The molecule has 5 heteroatoms. The summed E-state index contributed by atoms with van der Waals surface area (Å²) in [6, 6.07) is 0.193. The van der Waals surface area contributed by atoms with Crippen molar-refractivity contribution in [2.45, 2.75) is 38.0 Å². The zero-order chi connectivity index (χ0) is 9.97. The largest absolute Gasteiger partial charge is 0.392 e. The third-order valence-electron chi connectivity index (χ3n) is 2.61. The van der Waals surface area contributed by atoms with Gasteiger partial charge in [-0.1, -0.05) is 11.3 Å². The number of aromatic amines is 1. The summed E-state index contributed by atoms with van der Waals surface area (Å²) in [6.07, 6.45) is 2.77. The number of aliphatic hydroxyl groups excluding tert-OH is 1. The minimum Gasteiger partial charge on any atom is -0.392 e. The van der Waals surface area contributed by atoms with Crippen molar-refractivity contribution in [2.24, 2.45) is 0 Å². The lowest BCUT2D eigenvalue weighted by Gasteiger charge is -2.15. The Morgan fingerprint density at radius 3 is 3.07 bits per heavy atom. The van der Waals surface area contributed by atoms with Gasteiger partial charge >= 0.3 is 4.87 Å². The molecular weight excluding hydrogens is 200 g/mol. The number of hydrogen-bond donors (Lipinski definition) is 3. The molecule has 1 aromatic rings. The first-order valence-electron chi connectivity index (χ1n) is 4.84. The van der Waals surface area contributed by atoms with Crippen LogP contribution in [-0.2, 0) is 6.54 Å². The standard InChI is InChI=1S/C9H14N2O2S/c12-8-3-1-2-7(8)10-4-6-5-14-9(13)11-6/h5,7-8,10,12H,1-4H2,(H,11,13). The SMILES string of the molecule is O=c1[nH]c(CNC2CCCC2O)cs1. The molecule has 4 nitrogen and oxygen atoms in total. The van der Waals surface area contributed by atoms with Crippen molar-refractivity contribution in [2.75, 3.05) is 0 Å². The van der Waals surface area contributed by atoms with Crippen molar-refractivity contribution in [1.82, 2.24) is 10.3 Å². The molecule has 2 atom stereocenters. The second-order valence-corrected chi connectivity index (χ2v) is 4.50. The zero-order valence-electron chi connectivity index (χ0n) is 7.82. The summed E-state index contributed by atoms with van der Waals surface area (Å²) in [6.45, 7) is 0.639. The van der Waals surface area contributed by atoms with Crippen molar-refractivity contribution < 1.29 is 5.11 Å². The van der Waals surface area contributed by atoms with E-state index < -0.39 is 0 Å². The van der Waals surface area contributed by atoms with E-state index in [9.17, 15) is 9.90 Å². The summed E-state index contributed by atoms with van der Waals surface area (Å²) in [5.74, 6) is 0. The molecule has 1 fully saturated rings. The summed E-state index contributed by atoms with van der Waals surface area (Å²) in [4.78, 5) is 13.6. The minimum absolute atomic E-state index is 0.0197. The number of H-pyrrole nitrogens is 1. The first-order chi connectivity index (χ1) is 6.75. The molecule has 14 heavy (non-hydrogen) atoms. The predicted molar refractivity (Wildman–Crippen MR) is 55.4 cm³/mol. The van der Waals surface area contributed by atoms with Crippen LogP contribution in [0.4, 0.5) is 0 Å². The molecule has 0 radical (unpaired) electrons. The highest BCUT2D eigenvalue weighted by Gasteiger charge is 2.24. The van der Waals surface area contributed by atoms with Crippen molar-refractivity contribution in [3.63, 3.8) is 0 Å². The Hall–Kier alpha value is -0.650. The van der Waals surface area contributed by atoms with Gasteiger partial charge in [0.25, 0.3) is 0 Å². The topological polar surface area (TPSA) is 65.1 Å². The van der Waals surface area contributed by atoms with Crippen LogP contribution in [0.1, 0.15) is 25.0 Å². The molecule has 0 amide bonds. The van der Waals surface area contributed by atoms with Crippen LogP contribution in [0.15, 0.2) is 10.2 Å². The fourth-order valence-corrected chi connectivity index (χ4v) is 2.40. The predicted octanol–water partition coefficient (Wildman–Crippen LogP) is 0.439. The summed E-state index contributed by atoms with van der Waals surface area (Å²) in [5.41, 5.74) is 0.902. The second-order valence-electron chi connectivity index (χ2n) is 3.66. The van der Waals surface area contributed by atoms with Crippen molar-refractivity contribution in [1.29, 1.82) is 0 Å². The number of rotatable bonds is 3. The Balaban J connectivity index is 1.85. The maximum absolute atomic E-state index is 10.8. The van der Waals surface area contributed by atoms with Crippen molar-refractivity contribution in [3.05, 3.63) is 20.7 Å².